The first-order valence-corrected chi connectivity index (χ1v) is 1.41. The minimum absolute atomic E-state index is 0. The normalized spacial score (nSPS) is 4.50. The molecule has 0 spiro atoms. The van der Waals surface area contributed by atoms with Crippen LogP contribution in [0.5, 0.6) is 0 Å². The summed E-state index contributed by atoms with van der Waals surface area (Å²) < 4.78 is 0. The molecule has 0 aliphatic carbocycles. The zero-order valence-electron chi connectivity index (χ0n) is 1.86. The first-order valence-electron chi connectivity index (χ1n) is 0.471. The Kier molecular flexibility index (Phi) is 20.3. The molecule has 0 fully saturated rings. The maximum Gasteiger partial charge on any atom is 0 e. The van der Waals surface area contributed by atoms with Gasteiger partial charge in [0, 0.05) is 17.1 Å². The van der Waals surface area contributed by atoms with Crippen LogP contribution in [0.4, 0.5) is 0 Å². The van der Waals surface area contributed by atoms with Crippen LogP contribution in [0.2, 0.25) is 0 Å². The summed E-state index contributed by atoms with van der Waals surface area (Å²) in [7, 11) is 0. The standard InChI is InChI=1S/Cu.H4N2S/c;1-3-2/h;1-2H2. The van der Waals surface area contributed by atoms with Gasteiger partial charge in [-0.1, -0.05) is 0 Å². The van der Waals surface area contributed by atoms with Gasteiger partial charge >= 0.3 is 0 Å². The van der Waals surface area contributed by atoms with Gasteiger partial charge in [-0.25, -0.2) is 0 Å². The fraction of sp³-hybridized carbons (Fsp3) is 0. The van der Waals surface area contributed by atoms with Crippen LogP contribution in [0.15, 0.2) is 0 Å². The summed E-state index contributed by atoms with van der Waals surface area (Å²) in [5.41, 5.74) is 0. The average Bonchev–Trinajstić information content (AvgIpc) is 0.918. The van der Waals surface area contributed by atoms with E-state index in [1.165, 1.54) is 0 Å². The van der Waals surface area contributed by atoms with E-state index in [-0.39, 0.29) is 17.1 Å². The van der Waals surface area contributed by atoms with E-state index in [2.05, 4.69) is 10.3 Å². The molecule has 0 aromatic carbocycles. The Morgan fingerprint density at radius 2 is 1.25 bits per heavy atom. The minimum Gasteiger partial charge on any atom is -0.265 e. The Hall–Kier alpha value is 0.789. The predicted octanol–water partition coefficient (Wildman–Crippen LogP) is -0.535. The van der Waals surface area contributed by atoms with E-state index < -0.39 is 0 Å². The van der Waals surface area contributed by atoms with Crippen LogP contribution in [0.3, 0.4) is 0 Å². The molecule has 0 aliphatic heterocycles. The molecule has 4 heteroatoms. The smallest absolute Gasteiger partial charge is 0 e. The van der Waals surface area contributed by atoms with Crippen molar-refractivity contribution in [2.75, 3.05) is 0 Å². The van der Waals surface area contributed by atoms with Crippen LogP contribution in [-0.4, -0.2) is 0 Å². The fourth-order valence-corrected chi connectivity index (χ4v) is 0. The molecule has 0 aromatic rings. The average molecular weight is 128 g/mol. The van der Waals surface area contributed by atoms with Crippen molar-refractivity contribution in [3.05, 3.63) is 0 Å². The molecule has 0 atom stereocenters. The summed E-state index contributed by atoms with van der Waals surface area (Å²) in [5, 5.41) is 9.08. The number of rotatable bonds is 0. The van der Waals surface area contributed by atoms with Crippen molar-refractivity contribution in [2.45, 2.75) is 0 Å². The van der Waals surface area contributed by atoms with Crippen LogP contribution in [0.25, 0.3) is 0 Å². The maximum atomic E-state index is 4.54. The van der Waals surface area contributed by atoms with E-state index >= 15 is 0 Å². The molecule has 4 heavy (non-hydrogen) atoms. The van der Waals surface area contributed by atoms with Crippen LogP contribution in [0, 0.1) is 0 Å². The number of hydrogen-bond acceptors (Lipinski definition) is 3. The van der Waals surface area contributed by atoms with Gasteiger partial charge in [0.25, 0.3) is 0 Å². The Morgan fingerprint density at radius 1 is 1.25 bits per heavy atom. The van der Waals surface area contributed by atoms with Crippen molar-refractivity contribution < 1.29 is 17.1 Å². The molecule has 0 bridgehead atoms. The third-order valence-corrected chi connectivity index (χ3v) is 0. The second kappa shape index (κ2) is 9.21. The van der Waals surface area contributed by atoms with Crippen LogP contribution in [-0.2, 0) is 17.1 Å². The van der Waals surface area contributed by atoms with E-state index in [4.69, 9.17) is 0 Å². The van der Waals surface area contributed by atoms with Crippen LogP contribution < -0.4 is 10.3 Å². The molecule has 1 radical (unpaired) electrons. The fourth-order valence-electron chi connectivity index (χ4n) is 0. The molecule has 31 valence electrons. The van der Waals surface area contributed by atoms with Gasteiger partial charge < -0.3 is 0 Å². The van der Waals surface area contributed by atoms with Gasteiger partial charge in [0.2, 0.25) is 0 Å². The summed E-state index contributed by atoms with van der Waals surface area (Å²) in [5.74, 6) is 0. The Labute approximate surface area is 40.0 Å². The second-order valence-corrected chi connectivity index (χ2v) is 0.408. The molecule has 0 saturated heterocycles. The summed E-state index contributed by atoms with van der Waals surface area (Å²) in [6.45, 7) is 0. The van der Waals surface area contributed by atoms with E-state index in [0.29, 0.717) is 0 Å². The molecule has 2 nitrogen and oxygen atoms in total. The van der Waals surface area contributed by atoms with Gasteiger partial charge in [0.1, 0.15) is 0 Å². The topological polar surface area (TPSA) is 52.0 Å². The number of hydrogen-bond donors (Lipinski definition) is 2. The largest absolute Gasteiger partial charge is 0.265 e. The van der Waals surface area contributed by atoms with Gasteiger partial charge in [0.05, 0.1) is 0 Å². The van der Waals surface area contributed by atoms with Gasteiger partial charge in [-0.3, -0.25) is 10.3 Å². The Bertz CT molecular complexity index is 6.00. The monoisotopic (exact) mass is 127 g/mol. The molecule has 4 N–H and O–H groups in total. The summed E-state index contributed by atoms with van der Waals surface area (Å²) >= 11 is 0.750. The van der Waals surface area contributed by atoms with Crippen molar-refractivity contribution in [1.29, 1.82) is 0 Å². The third-order valence-electron chi connectivity index (χ3n) is 0. The van der Waals surface area contributed by atoms with Crippen LogP contribution in [0.1, 0.15) is 0 Å². The van der Waals surface area contributed by atoms with E-state index in [1.807, 2.05) is 0 Å². The molecule has 0 aromatic heterocycles. The SMILES string of the molecule is NSN.[Cu]. The van der Waals surface area contributed by atoms with Crippen molar-refractivity contribution in [3.63, 3.8) is 0 Å². The molecular weight excluding hydrogens is 124 g/mol. The summed E-state index contributed by atoms with van der Waals surface area (Å²) in [6.07, 6.45) is 0. The first-order chi connectivity index (χ1) is 1.41. The van der Waals surface area contributed by atoms with E-state index in [9.17, 15) is 0 Å². The summed E-state index contributed by atoms with van der Waals surface area (Å²) in [4.78, 5) is 0. The van der Waals surface area contributed by atoms with Crippen molar-refractivity contribution >= 4 is 12.1 Å². The second-order valence-electron chi connectivity index (χ2n) is 0.136. The van der Waals surface area contributed by atoms with Gasteiger partial charge in [-0.15, -0.1) is 0 Å². The quantitative estimate of drug-likeness (QED) is 0.340. The molecule has 0 heterocycles. The van der Waals surface area contributed by atoms with Gasteiger partial charge in [0.15, 0.2) is 0 Å². The van der Waals surface area contributed by atoms with E-state index in [1.54, 1.807) is 0 Å². The van der Waals surface area contributed by atoms with Gasteiger partial charge in [-0.2, -0.15) is 0 Å². The molecular formula is H4CuN2S. The van der Waals surface area contributed by atoms with E-state index in [0.717, 1.165) is 12.1 Å². The van der Waals surface area contributed by atoms with Gasteiger partial charge in [-0.05, 0) is 12.1 Å². The zero-order chi connectivity index (χ0) is 2.71. The number of nitrogens with two attached hydrogens (primary N) is 2. The first kappa shape index (κ1) is 8.84. The summed E-state index contributed by atoms with van der Waals surface area (Å²) in [6, 6.07) is 0. The predicted molar refractivity (Wildman–Crippen MR) is 16.0 cm³/mol. The van der Waals surface area contributed by atoms with Crippen molar-refractivity contribution in [2.24, 2.45) is 10.3 Å². The molecule has 0 aliphatic rings. The molecule has 0 amide bonds. The Morgan fingerprint density at radius 3 is 1.25 bits per heavy atom. The van der Waals surface area contributed by atoms with Crippen molar-refractivity contribution in [3.8, 4) is 0 Å². The van der Waals surface area contributed by atoms with Crippen LogP contribution >= 0.6 is 12.1 Å². The molecule has 0 saturated carbocycles. The Balaban J connectivity index is 0. The maximum absolute atomic E-state index is 4.54. The third kappa shape index (κ3) is 14.3. The minimum atomic E-state index is 0. The van der Waals surface area contributed by atoms with Crippen molar-refractivity contribution in [1.82, 2.24) is 0 Å². The molecule has 0 rings (SSSR count). The zero-order valence-corrected chi connectivity index (χ0v) is 3.62. The molecule has 0 unspecified atom stereocenters.